The standard InChI is InChI=1S/C15H18ClF2N5O2/c1-3-19-10-6-11(22-13(16)21-10)23(5-20-6)8-7(24)9(25)15(12(17)18)4-14(8,15)2/h5,7-9,12,24-25H,3-4H2,1-2H3,(H,19,21,22)/t7-,8-,9-,14?,15-/m0/s1. The van der Waals surface area contributed by atoms with Crippen LogP contribution in [0.25, 0.3) is 11.2 Å². The molecule has 2 fully saturated rings. The van der Waals surface area contributed by atoms with Crippen LogP contribution in [0.15, 0.2) is 6.33 Å². The molecule has 10 heteroatoms. The Balaban J connectivity index is 1.86. The molecule has 0 amide bonds. The Kier molecular flexibility index (Phi) is 3.52. The SMILES string of the molecule is CCNc1nc(Cl)nc2c1ncn2[C@H]1[C@H](O)[C@H](O)[C@]2(C(F)F)CC12C. The molecule has 2 aromatic rings. The molecule has 2 saturated carbocycles. The molecular formula is C15H18ClF2N5O2. The lowest BCUT2D eigenvalue weighted by Crippen LogP contribution is -2.37. The molecule has 3 N–H and O–H groups in total. The first-order valence-corrected chi connectivity index (χ1v) is 8.44. The zero-order valence-corrected chi connectivity index (χ0v) is 14.4. The Hall–Kier alpha value is -1.58. The maximum absolute atomic E-state index is 13.6. The minimum absolute atomic E-state index is 0.0145. The third kappa shape index (κ3) is 1.94. The zero-order chi connectivity index (χ0) is 18.1. The van der Waals surface area contributed by atoms with Gasteiger partial charge in [-0.3, -0.25) is 0 Å². The summed E-state index contributed by atoms with van der Waals surface area (Å²) in [6.07, 6.45) is -4.02. The second kappa shape index (κ2) is 5.21. The molecule has 0 aliphatic heterocycles. The fourth-order valence-electron chi connectivity index (χ4n) is 4.55. The molecule has 25 heavy (non-hydrogen) atoms. The predicted octanol–water partition coefficient (Wildman–Crippen LogP) is 1.85. The van der Waals surface area contributed by atoms with Gasteiger partial charge >= 0.3 is 0 Å². The van der Waals surface area contributed by atoms with Crippen molar-refractivity contribution in [3.8, 4) is 0 Å². The monoisotopic (exact) mass is 373 g/mol. The van der Waals surface area contributed by atoms with Gasteiger partial charge in [-0.15, -0.1) is 0 Å². The largest absolute Gasteiger partial charge is 0.390 e. The van der Waals surface area contributed by atoms with Gasteiger partial charge in [0, 0.05) is 12.0 Å². The molecule has 0 radical (unpaired) electrons. The molecule has 0 spiro atoms. The summed E-state index contributed by atoms with van der Waals surface area (Å²) in [4.78, 5) is 12.5. The molecule has 4 rings (SSSR count). The van der Waals surface area contributed by atoms with Crippen molar-refractivity contribution < 1.29 is 19.0 Å². The zero-order valence-electron chi connectivity index (χ0n) is 13.6. The van der Waals surface area contributed by atoms with Gasteiger partial charge in [0.05, 0.1) is 23.9 Å². The molecule has 2 aliphatic carbocycles. The van der Waals surface area contributed by atoms with E-state index in [9.17, 15) is 19.0 Å². The number of aromatic nitrogens is 4. The van der Waals surface area contributed by atoms with Crippen molar-refractivity contribution in [2.75, 3.05) is 11.9 Å². The summed E-state index contributed by atoms with van der Waals surface area (Å²) in [5.74, 6) is 0.436. The highest BCUT2D eigenvalue weighted by molar-refractivity contribution is 6.28. The van der Waals surface area contributed by atoms with Gasteiger partial charge in [0.1, 0.15) is 6.10 Å². The number of aliphatic hydroxyl groups is 2. The Morgan fingerprint density at radius 2 is 2.16 bits per heavy atom. The summed E-state index contributed by atoms with van der Waals surface area (Å²) in [6, 6.07) is -0.776. The van der Waals surface area contributed by atoms with E-state index in [1.165, 1.54) is 10.9 Å². The number of hydrogen-bond acceptors (Lipinski definition) is 6. The summed E-state index contributed by atoms with van der Waals surface area (Å²) in [5.41, 5.74) is -1.78. The summed E-state index contributed by atoms with van der Waals surface area (Å²) in [7, 11) is 0. The number of nitrogens with one attached hydrogen (secondary N) is 1. The minimum Gasteiger partial charge on any atom is -0.390 e. The van der Waals surface area contributed by atoms with E-state index >= 15 is 0 Å². The van der Waals surface area contributed by atoms with Crippen molar-refractivity contribution in [2.24, 2.45) is 10.8 Å². The lowest BCUT2D eigenvalue weighted by Gasteiger charge is -2.26. The number of halogens is 3. The minimum atomic E-state index is -2.72. The lowest BCUT2D eigenvalue weighted by molar-refractivity contribution is -0.0673. The topological polar surface area (TPSA) is 96.1 Å². The van der Waals surface area contributed by atoms with E-state index in [1.807, 2.05) is 6.92 Å². The predicted molar refractivity (Wildman–Crippen MR) is 86.7 cm³/mol. The highest BCUT2D eigenvalue weighted by Gasteiger charge is 2.83. The molecule has 2 aliphatic rings. The van der Waals surface area contributed by atoms with Gasteiger partial charge in [-0.25, -0.2) is 13.8 Å². The second-order valence-electron chi connectivity index (χ2n) is 7.01. The average Bonchev–Trinajstić information content (AvgIpc) is 2.92. The molecular weight excluding hydrogens is 356 g/mol. The number of imidazole rings is 1. The third-order valence-electron chi connectivity index (χ3n) is 5.85. The van der Waals surface area contributed by atoms with Crippen LogP contribution in [0.5, 0.6) is 0 Å². The van der Waals surface area contributed by atoms with Gasteiger partial charge in [-0.05, 0) is 24.9 Å². The quantitative estimate of drug-likeness (QED) is 0.708. The van der Waals surface area contributed by atoms with Crippen LogP contribution in [-0.4, -0.2) is 54.9 Å². The number of rotatable bonds is 4. The highest BCUT2D eigenvalue weighted by Crippen LogP contribution is 2.79. The Bertz CT molecular complexity index is 849. The molecule has 0 saturated heterocycles. The smallest absolute Gasteiger partial charge is 0.247 e. The lowest BCUT2D eigenvalue weighted by atomic mass is 9.95. The van der Waals surface area contributed by atoms with Gasteiger partial charge in [0.25, 0.3) is 0 Å². The number of hydrogen-bond donors (Lipinski definition) is 3. The van der Waals surface area contributed by atoms with Gasteiger partial charge < -0.3 is 20.1 Å². The Morgan fingerprint density at radius 3 is 2.76 bits per heavy atom. The fourth-order valence-corrected chi connectivity index (χ4v) is 4.72. The van der Waals surface area contributed by atoms with Gasteiger partial charge in [0.15, 0.2) is 17.0 Å². The Morgan fingerprint density at radius 1 is 1.44 bits per heavy atom. The van der Waals surface area contributed by atoms with E-state index in [0.717, 1.165) is 0 Å². The summed E-state index contributed by atoms with van der Waals surface area (Å²) in [5, 5.41) is 23.8. The molecule has 1 unspecified atom stereocenters. The van der Waals surface area contributed by atoms with E-state index < -0.39 is 35.5 Å². The molecule has 7 nitrogen and oxygen atoms in total. The van der Waals surface area contributed by atoms with Crippen molar-refractivity contribution in [1.29, 1.82) is 0 Å². The Labute approximate surface area is 147 Å². The van der Waals surface area contributed by atoms with Gasteiger partial charge in [-0.2, -0.15) is 9.97 Å². The first-order valence-electron chi connectivity index (χ1n) is 8.06. The van der Waals surface area contributed by atoms with E-state index in [2.05, 4.69) is 20.3 Å². The van der Waals surface area contributed by atoms with Crippen LogP contribution in [0.1, 0.15) is 26.3 Å². The van der Waals surface area contributed by atoms with Crippen LogP contribution in [0.3, 0.4) is 0 Å². The van der Waals surface area contributed by atoms with Crippen LogP contribution in [0.2, 0.25) is 5.28 Å². The van der Waals surface area contributed by atoms with Crippen molar-refractivity contribution in [2.45, 2.75) is 44.9 Å². The maximum atomic E-state index is 13.6. The van der Waals surface area contributed by atoms with Gasteiger partial charge in [0.2, 0.25) is 11.7 Å². The molecule has 0 aromatic carbocycles. The van der Waals surface area contributed by atoms with Crippen molar-refractivity contribution in [1.82, 2.24) is 19.5 Å². The summed E-state index contributed by atoms with van der Waals surface area (Å²) < 4.78 is 28.8. The summed E-state index contributed by atoms with van der Waals surface area (Å²) in [6.45, 7) is 4.13. The van der Waals surface area contributed by atoms with Crippen molar-refractivity contribution in [3.63, 3.8) is 0 Å². The van der Waals surface area contributed by atoms with Crippen LogP contribution in [0.4, 0.5) is 14.6 Å². The van der Waals surface area contributed by atoms with E-state index in [1.54, 1.807) is 6.92 Å². The molecule has 0 bridgehead atoms. The second-order valence-corrected chi connectivity index (χ2v) is 7.35. The van der Waals surface area contributed by atoms with Crippen LogP contribution >= 0.6 is 11.6 Å². The third-order valence-corrected chi connectivity index (χ3v) is 6.02. The first-order chi connectivity index (χ1) is 11.8. The van der Waals surface area contributed by atoms with Crippen molar-refractivity contribution in [3.05, 3.63) is 11.6 Å². The molecule has 2 heterocycles. The first kappa shape index (κ1) is 16.9. The number of aliphatic hydroxyl groups excluding tert-OH is 2. The highest BCUT2D eigenvalue weighted by atomic mass is 35.5. The van der Waals surface area contributed by atoms with Crippen LogP contribution in [0, 0.1) is 10.8 Å². The van der Waals surface area contributed by atoms with E-state index in [4.69, 9.17) is 11.6 Å². The number of nitrogens with zero attached hydrogens (tertiary/aromatic N) is 4. The molecule has 2 aromatic heterocycles. The molecule has 5 atom stereocenters. The normalized spacial score (nSPS) is 36.9. The average molecular weight is 374 g/mol. The van der Waals surface area contributed by atoms with E-state index in [0.29, 0.717) is 23.5 Å². The van der Waals surface area contributed by atoms with Crippen LogP contribution in [-0.2, 0) is 0 Å². The van der Waals surface area contributed by atoms with E-state index in [-0.39, 0.29) is 11.7 Å². The maximum Gasteiger partial charge on any atom is 0.247 e. The summed E-state index contributed by atoms with van der Waals surface area (Å²) >= 11 is 5.98. The molecule has 136 valence electrons. The van der Waals surface area contributed by atoms with Crippen LogP contribution < -0.4 is 5.32 Å². The van der Waals surface area contributed by atoms with Gasteiger partial charge in [-0.1, -0.05) is 6.92 Å². The number of fused-ring (bicyclic) bond motifs is 2. The number of anilines is 1. The fraction of sp³-hybridized carbons (Fsp3) is 0.667. The number of alkyl halides is 2. The van der Waals surface area contributed by atoms with Crippen molar-refractivity contribution >= 4 is 28.6 Å².